The molecule has 2 heterocycles. The lowest BCUT2D eigenvalue weighted by Gasteiger charge is -2.43. The Morgan fingerprint density at radius 3 is 2.00 bits per heavy atom. The van der Waals surface area contributed by atoms with Gasteiger partial charge in [-0.2, -0.15) is 13.2 Å². The highest BCUT2D eigenvalue weighted by Gasteiger charge is 2.57. The van der Waals surface area contributed by atoms with E-state index in [9.17, 15) is 37.8 Å². The zero-order valence-electron chi connectivity index (χ0n) is 26.2. The first kappa shape index (κ1) is 34.4. The standard InChI is InChI=1S/C34H34F3N3O8/c1-20-18-40(31(45)39-29(20)43)32(19-38-30(44)34(35,36)37)17-26(41)27(48-32)28(42)33(21-7-5-4-6-8-21,22-9-13-24(46-2)14-10-22)23-11-15-25(47-3)16-12-23/h4-16,18,26-28,41-42H,17,19H2,1-3H3,(H,38,44)(H,39,43,45)/t26-,27-,28?,32-/m0/s1. The molecule has 0 saturated carbocycles. The highest BCUT2D eigenvalue weighted by Crippen LogP contribution is 2.48. The van der Waals surface area contributed by atoms with Gasteiger partial charge in [0.25, 0.3) is 5.56 Å². The highest BCUT2D eigenvalue weighted by molar-refractivity contribution is 5.81. The number of aryl methyl sites for hydroxylation is 1. The van der Waals surface area contributed by atoms with Crippen LogP contribution < -0.4 is 26.0 Å². The monoisotopic (exact) mass is 669 g/mol. The van der Waals surface area contributed by atoms with Crippen molar-refractivity contribution in [2.24, 2.45) is 0 Å². The van der Waals surface area contributed by atoms with Crippen molar-refractivity contribution < 1.29 is 42.4 Å². The molecule has 0 spiro atoms. The molecule has 3 aromatic carbocycles. The van der Waals surface area contributed by atoms with Gasteiger partial charge >= 0.3 is 17.8 Å². The Balaban J connectivity index is 1.72. The third-order valence-corrected chi connectivity index (χ3v) is 8.68. The minimum Gasteiger partial charge on any atom is -0.497 e. The van der Waals surface area contributed by atoms with Crippen LogP contribution in [0.2, 0.25) is 0 Å². The lowest BCUT2D eigenvalue weighted by molar-refractivity contribution is -0.179. The van der Waals surface area contributed by atoms with E-state index in [1.165, 1.54) is 21.1 Å². The number of rotatable bonds is 10. The lowest BCUT2D eigenvalue weighted by Crippen LogP contribution is -2.55. The Bertz CT molecular complexity index is 1810. The molecule has 1 amide bonds. The van der Waals surface area contributed by atoms with Crippen LogP contribution in [0.5, 0.6) is 11.5 Å². The number of nitrogens with zero attached hydrogens (tertiary/aromatic N) is 1. The second-order valence-electron chi connectivity index (χ2n) is 11.5. The highest BCUT2D eigenvalue weighted by atomic mass is 19.4. The number of alkyl halides is 3. The normalized spacial score (nSPS) is 20.2. The quantitative estimate of drug-likeness (QED) is 0.188. The second kappa shape index (κ2) is 13.3. The first-order valence-corrected chi connectivity index (χ1v) is 14.8. The van der Waals surface area contributed by atoms with Crippen molar-refractivity contribution in [2.45, 2.75) is 49.0 Å². The van der Waals surface area contributed by atoms with Gasteiger partial charge in [-0.05, 0) is 47.9 Å². The van der Waals surface area contributed by atoms with E-state index in [4.69, 9.17) is 14.2 Å². The van der Waals surface area contributed by atoms with Crippen LogP contribution in [-0.2, 0) is 20.7 Å². The number of methoxy groups -OCH3 is 2. The summed E-state index contributed by atoms with van der Waals surface area (Å²) in [5, 5.41) is 26.0. The molecule has 1 aliphatic heterocycles. The summed E-state index contributed by atoms with van der Waals surface area (Å²) in [6, 6.07) is 22.5. The number of aliphatic hydroxyl groups excluding tert-OH is 2. The Morgan fingerprint density at radius 1 is 0.979 bits per heavy atom. The van der Waals surface area contributed by atoms with Crippen molar-refractivity contribution in [1.82, 2.24) is 14.9 Å². The molecule has 0 bridgehead atoms. The molecule has 0 radical (unpaired) electrons. The van der Waals surface area contributed by atoms with E-state index in [1.54, 1.807) is 84.2 Å². The van der Waals surface area contributed by atoms with Crippen LogP contribution in [0.1, 0.15) is 28.7 Å². The Morgan fingerprint density at radius 2 is 1.50 bits per heavy atom. The molecule has 4 N–H and O–H groups in total. The summed E-state index contributed by atoms with van der Waals surface area (Å²) in [5.74, 6) is -1.27. The molecule has 0 aliphatic carbocycles. The average molecular weight is 670 g/mol. The van der Waals surface area contributed by atoms with Gasteiger partial charge in [-0.15, -0.1) is 0 Å². The number of carbonyl (C=O) groups is 1. The van der Waals surface area contributed by atoms with Crippen LogP contribution in [0.4, 0.5) is 13.2 Å². The van der Waals surface area contributed by atoms with Crippen LogP contribution in [0.25, 0.3) is 0 Å². The van der Waals surface area contributed by atoms with E-state index in [1.807, 2.05) is 0 Å². The summed E-state index contributed by atoms with van der Waals surface area (Å²) in [7, 11) is 3.00. The Kier molecular flexibility index (Phi) is 9.53. The number of halogens is 3. The van der Waals surface area contributed by atoms with Gasteiger partial charge in [-0.1, -0.05) is 54.6 Å². The summed E-state index contributed by atoms with van der Waals surface area (Å²) < 4.78 is 57.7. The minimum atomic E-state index is -5.27. The smallest absolute Gasteiger partial charge is 0.471 e. The predicted octanol–water partition coefficient (Wildman–Crippen LogP) is 2.74. The fraction of sp³-hybridized carbons (Fsp3) is 0.324. The zero-order valence-corrected chi connectivity index (χ0v) is 26.2. The summed E-state index contributed by atoms with van der Waals surface area (Å²) in [5.41, 5.74) is -3.86. The molecular weight excluding hydrogens is 635 g/mol. The summed E-state index contributed by atoms with van der Waals surface area (Å²) in [4.78, 5) is 39.4. The number of aromatic amines is 1. The number of H-pyrrole nitrogens is 1. The molecule has 4 atom stereocenters. The van der Waals surface area contributed by atoms with Gasteiger partial charge in [0.1, 0.15) is 23.7 Å². The molecule has 48 heavy (non-hydrogen) atoms. The van der Waals surface area contributed by atoms with E-state index in [-0.39, 0.29) is 5.56 Å². The number of nitrogens with one attached hydrogen (secondary N) is 2. The molecule has 4 aromatic rings. The first-order valence-electron chi connectivity index (χ1n) is 14.8. The SMILES string of the molecule is COc1ccc(C(c2ccccc2)(c2ccc(OC)cc2)C(O)[C@H]2O[C@@](CNC(=O)C(F)(F)F)(n3cc(C)c(=O)[nH]c3=O)C[C@@H]2O)cc1. The first-order chi connectivity index (χ1) is 22.8. The molecule has 14 heteroatoms. The molecule has 5 rings (SSSR count). The maximum absolute atomic E-state index is 13.3. The van der Waals surface area contributed by atoms with Gasteiger partial charge in [-0.3, -0.25) is 19.1 Å². The van der Waals surface area contributed by atoms with Crippen LogP contribution >= 0.6 is 0 Å². The van der Waals surface area contributed by atoms with E-state index in [0.717, 1.165) is 10.8 Å². The number of ether oxygens (including phenoxy) is 3. The lowest BCUT2D eigenvalue weighted by atomic mass is 9.64. The molecular formula is C34H34F3N3O8. The number of hydrogen-bond acceptors (Lipinski definition) is 8. The fourth-order valence-corrected chi connectivity index (χ4v) is 6.31. The van der Waals surface area contributed by atoms with Gasteiger partial charge in [0, 0.05) is 18.2 Å². The fourth-order valence-electron chi connectivity index (χ4n) is 6.31. The predicted molar refractivity (Wildman–Crippen MR) is 167 cm³/mol. The third-order valence-electron chi connectivity index (χ3n) is 8.68. The number of amides is 1. The second-order valence-corrected chi connectivity index (χ2v) is 11.5. The van der Waals surface area contributed by atoms with Crippen molar-refractivity contribution in [3.05, 3.63) is 128 Å². The summed E-state index contributed by atoms with van der Waals surface area (Å²) in [6.45, 7) is 0.419. The molecule has 1 saturated heterocycles. The third kappa shape index (κ3) is 6.21. The van der Waals surface area contributed by atoms with Crippen LogP contribution in [0.3, 0.4) is 0 Å². The molecule has 1 aromatic heterocycles. The number of aliphatic hydroxyl groups is 2. The van der Waals surface area contributed by atoms with Crippen molar-refractivity contribution in [1.29, 1.82) is 0 Å². The molecule has 254 valence electrons. The van der Waals surface area contributed by atoms with E-state index in [2.05, 4.69) is 4.98 Å². The Labute approximate surface area is 272 Å². The Hall–Kier alpha value is -4.92. The van der Waals surface area contributed by atoms with Crippen molar-refractivity contribution in [3.8, 4) is 11.5 Å². The molecule has 1 aliphatic rings. The number of carbonyl (C=O) groups excluding carboxylic acids is 1. The van der Waals surface area contributed by atoms with Gasteiger partial charge in [-0.25, -0.2) is 4.79 Å². The van der Waals surface area contributed by atoms with Crippen LogP contribution in [-0.4, -0.2) is 70.9 Å². The molecule has 1 fully saturated rings. The largest absolute Gasteiger partial charge is 0.497 e. The molecule has 11 nitrogen and oxygen atoms in total. The van der Waals surface area contributed by atoms with Crippen molar-refractivity contribution in [2.75, 3.05) is 20.8 Å². The van der Waals surface area contributed by atoms with Crippen LogP contribution in [0, 0.1) is 6.92 Å². The number of aromatic nitrogens is 2. The van der Waals surface area contributed by atoms with Crippen molar-refractivity contribution in [3.63, 3.8) is 0 Å². The average Bonchev–Trinajstić information content (AvgIpc) is 3.42. The van der Waals surface area contributed by atoms with Gasteiger partial charge in [0.2, 0.25) is 0 Å². The van der Waals surface area contributed by atoms with Gasteiger partial charge in [0.15, 0.2) is 5.72 Å². The number of hydrogen-bond donors (Lipinski definition) is 4. The van der Waals surface area contributed by atoms with E-state index >= 15 is 0 Å². The van der Waals surface area contributed by atoms with E-state index < -0.39 is 65.7 Å². The van der Waals surface area contributed by atoms with Gasteiger partial charge < -0.3 is 29.7 Å². The zero-order chi connectivity index (χ0) is 34.9. The topological polar surface area (TPSA) is 152 Å². The summed E-state index contributed by atoms with van der Waals surface area (Å²) in [6.07, 6.45) is -9.60. The van der Waals surface area contributed by atoms with E-state index in [0.29, 0.717) is 28.2 Å². The van der Waals surface area contributed by atoms with Gasteiger partial charge in [0.05, 0.1) is 32.3 Å². The minimum absolute atomic E-state index is 0.00769. The molecule has 1 unspecified atom stereocenters. The van der Waals surface area contributed by atoms with Crippen LogP contribution in [0.15, 0.2) is 94.6 Å². The summed E-state index contributed by atoms with van der Waals surface area (Å²) >= 11 is 0. The maximum Gasteiger partial charge on any atom is 0.471 e. The maximum atomic E-state index is 13.3. The van der Waals surface area contributed by atoms with Crippen molar-refractivity contribution >= 4 is 5.91 Å². The number of benzene rings is 3.